The van der Waals surface area contributed by atoms with E-state index in [9.17, 15) is 8.78 Å². The van der Waals surface area contributed by atoms with Gasteiger partial charge in [-0.15, -0.1) is 5.73 Å². The third kappa shape index (κ3) is 6.04. The van der Waals surface area contributed by atoms with Crippen LogP contribution in [0.15, 0.2) is 73.0 Å². The number of methoxy groups -OCH3 is 1. The number of pyridine rings is 2. The fraction of sp³-hybridized carbons (Fsp3) is 0.345. The molecule has 4 heterocycles. The summed E-state index contributed by atoms with van der Waals surface area (Å²) in [6.07, 6.45) is 11.2. The van der Waals surface area contributed by atoms with Crippen molar-refractivity contribution in [1.82, 2.24) is 25.3 Å². The molecule has 2 unspecified atom stereocenters. The number of hydrogen-bond donors (Lipinski definition) is 2. The van der Waals surface area contributed by atoms with Crippen molar-refractivity contribution in [2.24, 2.45) is 0 Å². The van der Waals surface area contributed by atoms with Crippen LogP contribution >= 0.6 is 0 Å². The molecule has 0 aromatic carbocycles. The zero-order valence-electron chi connectivity index (χ0n) is 22.0. The Hall–Kier alpha value is -3.98. The van der Waals surface area contributed by atoms with Gasteiger partial charge in [0.2, 0.25) is 0 Å². The first-order chi connectivity index (χ1) is 19.0. The lowest BCUT2D eigenvalue weighted by Gasteiger charge is -2.38. The molecule has 2 aliphatic rings. The Bertz CT molecular complexity index is 1460. The van der Waals surface area contributed by atoms with Crippen LogP contribution in [0.5, 0.6) is 0 Å². The van der Waals surface area contributed by atoms with Gasteiger partial charge in [0.05, 0.1) is 23.9 Å². The van der Waals surface area contributed by atoms with E-state index in [4.69, 9.17) is 14.7 Å². The van der Waals surface area contributed by atoms with Crippen LogP contribution < -0.4 is 15.5 Å². The second-order valence-corrected chi connectivity index (χ2v) is 9.69. The number of piperidine rings is 1. The van der Waals surface area contributed by atoms with Gasteiger partial charge in [0, 0.05) is 62.4 Å². The van der Waals surface area contributed by atoms with E-state index in [0.717, 1.165) is 67.4 Å². The smallest absolute Gasteiger partial charge is 0.162 e. The number of hydrogen-bond acceptors (Lipinski definition) is 8. The molecule has 3 aromatic heterocycles. The monoisotopic (exact) mass is 531 g/mol. The van der Waals surface area contributed by atoms with Crippen molar-refractivity contribution >= 4 is 22.5 Å². The van der Waals surface area contributed by atoms with E-state index in [2.05, 4.69) is 44.9 Å². The normalized spacial score (nSPS) is 20.0. The molecule has 1 aliphatic heterocycles. The molecule has 2 atom stereocenters. The summed E-state index contributed by atoms with van der Waals surface area (Å²) in [5.74, 6) is 0.545. The van der Waals surface area contributed by atoms with Crippen LogP contribution in [-0.2, 0) is 4.74 Å². The van der Waals surface area contributed by atoms with E-state index in [1.807, 2.05) is 6.20 Å². The third-order valence-corrected chi connectivity index (χ3v) is 7.05. The van der Waals surface area contributed by atoms with Crippen molar-refractivity contribution in [1.29, 1.82) is 0 Å². The highest BCUT2D eigenvalue weighted by Gasteiger charge is 2.33. The first kappa shape index (κ1) is 26.6. The largest absolute Gasteiger partial charge is 0.378 e. The molecule has 202 valence electrons. The highest BCUT2D eigenvalue weighted by Crippen LogP contribution is 2.45. The zero-order valence-corrected chi connectivity index (χ0v) is 22.0. The molecule has 8 nitrogen and oxygen atoms in total. The van der Waals surface area contributed by atoms with Crippen molar-refractivity contribution < 1.29 is 13.5 Å². The lowest BCUT2D eigenvalue weighted by Crippen LogP contribution is -2.53. The highest BCUT2D eigenvalue weighted by atomic mass is 19.1. The van der Waals surface area contributed by atoms with E-state index in [1.165, 1.54) is 5.56 Å². The second-order valence-electron chi connectivity index (χ2n) is 9.69. The average molecular weight is 532 g/mol. The number of allylic oxidation sites excluding steroid dienone is 4. The van der Waals surface area contributed by atoms with Gasteiger partial charge in [-0.3, -0.25) is 4.98 Å². The van der Waals surface area contributed by atoms with E-state index < -0.39 is 11.7 Å². The molecule has 0 bridgehead atoms. The van der Waals surface area contributed by atoms with Gasteiger partial charge in [0.1, 0.15) is 23.3 Å². The molecule has 10 heteroatoms. The van der Waals surface area contributed by atoms with E-state index in [1.54, 1.807) is 31.6 Å². The molecule has 0 amide bonds. The van der Waals surface area contributed by atoms with Gasteiger partial charge in [-0.05, 0) is 49.4 Å². The number of rotatable bonds is 9. The summed E-state index contributed by atoms with van der Waals surface area (Å²) in [4.78, 5) is 20.9. The molecule has 39 heavy (non-hydrogen) atoms. The van der Waals surface area contributed by atoms with Crippen LogP contribution in [0.1, 0.15) is 30.7 Å². The number of anilines is 2. The summed E-state index contributed by atoms with van der Waals surface area (Å²) in [6.45, 7) is 4.94. The molecule has 3 aromatic rings. The quantitative estimate of drug-likeness (QED) is 0.288. The summed E-state index contributed by atoms with van der Waals surface area (Å²) in [6, 6.07) is 3.65. The number of likely N-dealkylation sites (N-methyl/N-ethyl adjacent to an activating group) is 1. The highest BCUT2D eigenvalue weighted by molar-refractivity contribution is 5.94. The Morgan fingerprint density at radius 3 is 2.85 bits per heavy atom. The fourth-order valence-electron chi connectivity index (χ4n) is 4.94. The SMILES string of the molecule is C=C=C/C(F)=C\C(F)=C\Nc1cc(-c2nc(N(C)C3CCNCC3OC)c3c(C4CC4)cncc3n2)ccn1. The predicted molar refractivity (Wildman–Crippen MR) is 149 cm³/mol. The van der Waals surface area contributed by atoms with Crippen molar-refractivity contribution in [2.45, 2.75) is 37.3 Å². The molecule has 0 spiro atoms. The first-order valence-electron chi connectivity index (χ1n) is 12.9. The van der Waals surface area contributed by atoms with Crippen LogP contribution in [0, 0.1) is 0 Å². The van der Waals surface area contributed by atoms with Crippen LogP contribution in [0.2, 0.25) is 0 Å². The molecule has 2 N–H and O–H groups in total. The summed E-state index contributed by atoms with van der Waals surface area (Å²) in [7, 11) is 3.80. The zero-order chi connectivity index (χ0) is 27.4. The van der Waals surface area contributed by atoms with Gasteiger partial charge in [0.15, 0.2) is 5.82 Å². The molecular weight excluding hydrogens is 500 g/mol. The van der Waals surface area contributed by atoms with Gasteiger partial charge in [0.25, 0.3) is 0 Å². The minimum absolute atomic E-state index is 0.0164. The predicted octanol–water partition coefficient (Wildman–Crippen LogP) is 5.19. The van der Waals surface area contributed by atoms with Crippen LogP contribution in [0.3, 0.4) is 0 Å². The van der Waals surface area contributed by atoms with Crippen molar-refractivity contribution in [2.75, 3.05) is 37.5 Å². The maximum atomic E-state index is 14.1. The van der Waals surface area contributed by atoms with Crippen LogP contribution in [0.4, 0.5) is 20.4 Å². The lowest BCUT2D eigenvalue weighted by atomic mass is 10.0. The average Bonchev–Trinajstić information content (AvgIpc) is 3.80. The van der Waals surface area contributed by atoms with E-state index >= 15 is 0 Å². The molecule has 2 fully saturated rings. The maximum absolute atomic E-state index is 14.1. The summed E-state index contributed by atoms with van der Waals surface area (Å²) in [5.41, 5.74) is 4.89. The summed E-state index contributed by atoms with van der Waals surface area (Å²) >= 11 is 0. The van der Waals surface area contributed by atoms with Gasteiger partial charge in [-0.2, -0.15) is 0 Å². The summed E-state index contributed by atoms with van der Waals surface area (Å²) in [5, 5.41) is 7.19. The Labute approximate surface area is 226 Å². The number of ether oxygens (including phenoxy) is 1. The van der Waals surface area contributed by atoms with Gasteiger partial charge >= 0.3 is 0 Å². The van der Waals surface area contributed by atoms with Crippen molar-refractivity contribution in [3.05, 3.63) is 78.6 Å². The number of nitrogens with zero attached hydrogens (tertiary/aromatic N) is 5. The molecule has 0 radical (unpaired) electrons. The van der Waals surface area contributed by atoms with Crippen LogP contribution in [-0.4, -0.2) is 59.3 Å². The number of nitrogens with one attached hydrogen (secondary N) is 2. The number of halogens is 2. The van der Waals surface area contributed by atoms with Gasteiger partial charge in [-0.1, -0.05) is 6.58 Å². The lowest BCUT2D eigenvalue weighted by molar-refractivity contribution is 0.0629. The number of aromatic nitrogens is 4. The van der Waals surface area contributed by atoms with Gasteiger partial charge < -0.3 is 20.3 Å². The topological polar surface area (TPSA) is 88.1 Å². The fourth-order valence-corrected chi connectivity index (χ4v) is 4.94. The standard InChI is InChI=1S/C29H31F2N7O/c1-4-5-20(30)13-21(31)14-35-26-12-19(8-11-34-26)28-36-23-16-33-15-22(18-6-7-18)27(23)29(37-28)38(2)24-9-10-32-17-25(24)39-3/h5,8,11-16,18,24-25,32H,1,6-7,9-10,17H2,2-3H3,(H,34,35)/b20-13+,21-14-. The Balaban J connectivity index is 1.54. The van der Waals surface area contributed by atoms with Crippen LogP contribution in [0.25, 0.3) is 22.3 Å². The van der Waals surface area contributed by atoms with Gasteiger partial charge in [-0.25, -0.2) is 23.7 Å². The minimum Gasteiger partial charge on any atom is -0.378 e. The Kier molecular flexibility index (Phi) is 8.07. The second kappa shape index (κ2) is 11.8. The Morgan fingerprint density at radius 1 is 1.23 bits per heavy atom. The molecule has 1 saturated carbocycles. The Morgan fingerprint density at radius 2 is 2.08 bits per heavy atom. The van der Waals surface area contributed by atoms with E-state index in [-0.39, 0.29) is 12.1 Å². The third-order valence-electron chi connectivity index (χ3n) is 7.05. The number of fused-ring (bicyclic) bond motifs is 1. The molecular formula is C29H31F2N7O. The molecule has 1 aliphatic carbocycles. The van der Waals surface area contributed by atoms with Crippen molar-refractivity contribution in [3.63, 3.8) is 0 Å². The van der Waals surface area contributed by atoms with E-state index in [0.29, 0.717) is 23.1 Å². The van der Waals surface area contributed by atoms with Crippen molar-refractivity contribution in [3.8, 4) is 11.4 Å². The molecule has 1 saturated heterocycles. The maximum Gasteiger partial charge on any atom is 0.162 e. The summed E-state index contributed by atoms with van der Waals surface area (Å²) < 4.78 is 33.4. The minimum atomic E-state index is -0.814. The first-order valence-corrected chi connectivity index (χ1v) is 12.9. The molecule has 5 rings (SSSR count).